The zero-order chi connectivity index (χ0) is 48.3. The van der Waals surface area contributed by atoms with Crippen molar-refractivity contribution in [1.82, 2.24) is 0 Å². The summed E-state index contributed by atoms with van der Waals surface area (Å²) in [7, 11) is -8.68. The fraction of sp³-hybridized carbons (Fsp3) is 0.400. The average molecular weight is 973 g/mol. The zero-order valence-corrected chi connectivity index (χ0v) is 33.8. The van der Waals surface area contributed by atoms with E-state index in [1.54, 1.807) is 0 Å². The second-order valence-corrected chi connectivity index (χ2v) is 19.8. The third-order valence-corrected chi connectivity index (χ3v) is 16.5. The van der Waals surface area contributed by atoms with Gasteiger partial charge < -0.3 is 20.4 Å². The molecule has 352 valence electrons. The number of halogens is 14. The summed E-state index contributed by atoms with van der Waals surface area (Å²) in [6.07, 6.45) is -27.6. The molecule has 4 aromatic rings. The summed E-state index contributed by atoms with van der Waals surface area (Å²) in [6, 6.07) is 12.0. The quantitative estimate of drug-likeness (QED) is 0.101. The van der Waals surface area contributed by atoms with E-state index in [4.69, 9.17) is 0 Å². The van der Waals surface area contributed by atoms with Crippen molar-refractivity contribution in [3.63, 3.8) is 0 Å². The molecule has 0 aromatic heterocycles. The van der Waals surface area contributed by atoms with Crippen LogP contribution in [0.2, 0.25) is 0 Å². The number of hydrogen-bond donors (Lipinski definition) is 4. The SMILES string of the molecule is O=S(=O)(c1ccc(F)cc1)[C@@]1(c2ccc(C(O)(C(F)(F)F)C(F)(F)F)cc2)CC[C@H](O)C1.O=S(=O)(c1ccc(F)cc1)[C@]1(c2ccc(C(O)(C(F)(F)F)C(F)(F)F)cc2)CC[C@@H](O)C1. The van der Waals surface area contributed by atoms with Crippen LogP contribution in [0.15, 0.2) is 107 Å². The molecule has 2 fully saturated rings. The third kappa shape index (κ3) is 8.48. The van der Waals surface area contributed by atoms with Crippen molar-refractivity contribution in [2.24, 2.45) is 0 Å². The summed E-state index contributed by atoms with van der Waals surface area (Å²) in [6.45, 7) is 0. The van der Waals surface area contributed by atoms with E-state index in [2.05, 4.69) is 0 Å². The smallest absolute Gasteiger partial charge is 0.393 e. The molecule has 2 saturated carbocycles. The molecule has 0 saturated heterocycles. The van der Waals surface area contributed by atoms with Gasteiger partial charge in [0.15, 0.2) is 19.7 Å². The van der Waals surface area contributed by atoms with Crippen molar-refractivity contribution in [1.29, 1.82) is 0 Å². The van der Waals surface area contributed by atoms with Gasteiger partial charge in [-0.3, -0.25) is 0 Å². The van der Waals surface area contributed by atoms with Crippen molar-refractivity contribution in [2.45, 2.75) is 106 Å². The Kier molecular flexibility index (Phi) is 13.3. The minimum absolute atomic E-state index is 0.0111. The average Bonchev–Trinajstić information content (AvgIpc) is 3.81. The number of benzene rings is 4. The first-order chi connectivity index (χ1) is 29.1. The molecule has 64 heavy (non-hydrogen) atoms. The predicted molar refractivity (Wildman–Crippen MR) is 195 cm³/mol. The second kappa shape index (κ2) is 16.8. The molecule has 0 heterocycles. The zero-order valence-electron chi connectivity index (χ0n) is 32.2. The molecule has 0 bridgehead atoms. The molecule has 0 aliphatic heterocycles. The summed E-state index contributed by atoms with van der Waals surface area (Å²) in [5.41, 5.74) is -13.7. The highest BCUT2D eigenvalue weighted by atomic mass is 32.2. The standard InChI is InChI=1S/2C20H17F7O4S/c2*21-14-5-7-16(8-6-14)32(30,31)17(10-9-15(28)11-17)12-1-3-13(4-2-12)18(29,19(22,23)24)20(25,26)27/h2*1-8,15,28-29H,9-11H2/t2*15-,17-/m10/s1. The molecule has 6 rings (SSSR count). The Morgan fingerprint density at radius 2 is 0.688 bits per heavy atom. The summed E-state index contributed by atoms with van der Waals surface area (Å²) in [5.74, 6) is -1.43. The van der Waals surface area contributed by atoms with Crippen LogP contribution in [0.1, 0.15) is 60.8 Å². The molecule has 0 spiro atoms. The topological polar surface area (TPSA) is 149 Å². The number of rotatable bonds is 8. The first kappa shape index (κ1) is 50.6. The van der Waals surface area contributed by atoms with Crippen molar-refractivity contribution in [3.05, 3.63) is 131 Å². The van der Waals surface area contributed by atoms with Crippen LogP contribution in [-0.4, -0.2) is 74.2 Å². The minimum Gasteiger partial charge on any atom is -0.393 e. The molecule has 0 unspecified atom stereocenters. The Balaban J connectivity index is 0.000000241. The molecule has 2 aliphatic carbocycles. The Bertz CT molecular complexity index is 2300. The van der Waals surface area contributed by atoms with Gasteiger partial charge in [0.05, 0.1) is 22.0 Å². The highest BCUT2D eigenvalue weighted by Gasteiger charge is 2.72. The van der Waals surface area contributed by atoms with Crippen LogP contribution in [0.5, 0.6) is 0 Å². The number of sulfone groups is 2. The highest BCUT2D eigenvalue weighted by molar-refractivity contribution is 7.92. The molecule has 4 atom stereocenters. The molecule has 0 amide bonds. The maximum absolute atomic E-state index is 13.4. The second-order valence-electron chi connectivity index (χ2n) is 15.3. The van der Waals surface area contributed by atoms with Gasteiger partial charge in [0.2, 0.25) is 0 Å². The van der Waals surface area contributed by atoms with E-state index in [9.17, 15) is 98.7 Å². The Morgan fingerprint density at radius 1 is 0.438 bits per heavy atom. The fourth-order valence-corrected chi connectivity index (χ4v) is 12.4. The van der Waals surface area contributed by atoms with Gasteiger partial charge in [0, 0.05) is 11.1 Å². The van der Waals surface area contributed by atoms with E-state index in [-0.39, 0.29) is 59.4 Å². The first-order valence-electron chi connectivity index (χ1n) is 18.4. The summed E-state index contributed by atoms with van der Waals surface area (Å²) in [4.78, 5) is -0.640. The molecule has 0 radical (unpaired) electrons. The lowest BCUT2D eigenvalue weighted by molar-refractivity contribution is -0.376. The van der Waals surface area contributed by atoms with E-state index in [0.29, 0.717) is 24.3 Å². The Hall–Kier alpha value is -4.36. The molecular weight excluding hydrogens is 939 g/mol. The molecule has 8 nitrogen and oxygen atoms in total. The van der Waals surface area contributed by atoms with Gasteiger partial charge >= 0.3 is 24.7 Å². The third-order valence-electron chi connectivity index (χ3n) is 11.5. The number of aliphatic hydroxyl groups excluding tert-OH is 2. The maximum Gasteiger partial charge on any atom is 0.430 e. The van der Waals surface area contributed by atoms with Crippen LogP contribution in [0.4, 0.5) is 61.5 Å². The van der Waals surface area contributed by atoms with Gasteiger partial charge in [-0.1, -0.05) is 48.5 Å². The highest BCUT2D eigenvalue weighted by Crippen LogP contribution is 2.54. The molecule has 24 heteroatoms. The molecule has 4 aromatic carbocycles. The van der Waals surface area contributed by atoms with Crippen LogP contribution in [0.3, 0.4) is 0 Å². The number of alkyl halides is 12. The fourth-order valence-electron chi connectivity index (χ4n) is 7.98. The summed E-state index contributed by atoms with van der Waals surface area (Å²) < 4.78 is 234. The first-order valence-corrected chi connectivity index (χ1v) is 21.4. The van der Waals surface area contributed by atoms with E-state index >= 15 is 0 Å². The Morgan fingerprint density at radius 3 is 0.891 bits per heavy atom. The van der Waals surface area contributed by atoms with Crippen LogP contribution >= 0.6 is 0 Å². The summed E-state index contributed by atoms with van der Waals surface area (Å²) in [5, 5.41) is 39.1. The number of aliphatic hydroxyl groups is 4. The molecule has 2 aliphatic rings. The van der Waals surface area contributed by atoms with Gasteiger partial charge in [0.1, 0.15) is 21.1 Å². The monoisotopic (exact) mass is 972 g/mol. The van der Waals surface area contributed by atoms with Gasteiger partial charge in [-0.05, 0) is 98.2 Å². The van der Waals surface area contributed by atoms with Crippen LogP contribution < -0.4 is 0 Å². The van der Waals surface area contributed by atoms with Gasteiger partial charge in [-0.2, -0.15) is 52.7 Å². The van der Waals surface area contributed by atoms with Gasteiger partial charge in [0.25, 0.3) is 11.2 Å². The van der Waals surface area contributed by atoms with Gasteiger partial charge in [-0.15, -0.1) is 0 Å². The van der Waals surface area contributed by atoms with Crippen molar-refractivity contribution in [3.8, 4) is 0 Å². The predicted octanol–water partition coefficient (Wildman–Crippen LogP) is 8.70. The lowest BCUT2D eigenvalue weighted by Crippen LogP contribution is -2.53. The molecule has 4 N–H and O–H groups in total. The van der Waals surface area contributed by atoms with Gasteiger partial charge in [-0.25, -0.2) is 25.6 Å². The lowest BCUT2D eigenvalue weighted by atomic mass is 9.88. The van der Waals surface area contributed by atoms with Crippen LogP contribution in [0.25, 0.3) is 0 Å². The summed E-state index contributed by atoms with van der Waals surface area (Å²) >= 11 is 0. The van der Waals surface area contributed by atoms with Crippen molar-refractivity contribution < 1.29 is 98.7 Å². The normalized spacial score (nSPS) is 22.8. The van der Waals surface area contributed by atoms with E-state index in [1.165, 1.54) is 0 Å². The van der Waals surface area contributed by atoms with Crippen molar-refractivity contribution >= 4 is 19.7 Å². The van der Waals surface area contributed by atoms with E-state index in [0.717, 1.165) is 72.8 Å². The maximum atomic E-state index is 13.4. The Labute approximate surface area is 354 Å². The minimum atomic E-state index is -6.09. The van der Waals surface area contributed by atoms with E-state index < -0.39 is 100 Å². The van der Waals surface area contributed by atoms with Crippen molar-refractivity contribution in [2.75, 3.05) is 0 Å². The number of hydrogen-bond acceptors (Lipinski definition) is 8. The van der Waals surface area contributed by atoms with Crippen LogP contribution in [0, 0.1) is 11.6 Å². The lowest BCUT2D eigenvalue weighted by Gasteiger charge is -2.34. The van der Waals surface area contributed by atoms with E-state index in [1.807, 2.05) is 0 Å². The largest absolute Gasteiger partial charge is 0.430 e. The van der Waals surface area contributed by atoms with Crippen LogP contribution in [-0.2, 0) is 40.4 Å². The molecular formula is C40H34F14O8S2.